The summed E-state index contributed by atoms with van der Waals surface area (Å²) in [7, 11) is 0. The summed E-state index contributed by atoms with van der Waals surface area (Å²) in [6, 6.07) is 18.0. The molecule has 1 amide bonds. The molecular formula is C19H21ClN2O. The van der Waals surface area contributed by atoms with E-state index in [1.165, 1.54) is 5.56 Å². The number of hydrogen-bond acceptors (Lipinski definition) is 2. The molecule has 0 aromatic heterocycles. The van der Waals surface area contributed by atoms with Gasteiger partial charge in [0, 0.05) is 42.8 Å². The fourth-order valence-electron chi connectivity index (χ4n) is 3.01. The molecule has 2 aromatic rings. The average Bonchev–Trinajstić information content (AvgIpc) is 2.58. The second-order valence-corrected chi connectivity index (χ2v) is 6.50. The van der Waals surface area contributed by atoms with Crippen LogP contribution in [0.3, 0.4) is 0 Å². The molecule has 4 heteroatoms. The first-order valence-corrected chi connectivity index (χ1v) is 8.34. The Kier molecular flexibility index (Phi) is 4.99. The summed E-state index contributed by atoms with van der Waals surface area (Å²) in [6.45, 7) is 5.54. The Balaban J connectivity index is 1.61. The lowest BCUT2D eigenvalue weighted by Gasteiger charge is -2.40. The molecule has 0 saturated carbocycles. The summed E-state index contributed by atoms with van der Waals surface area (Å²) in [6.07, 6.45) is 0. The average molecular weight is 329 g/mol. The zero-order valence-electron chi connectivity index (χ0n) is 13.3. The van der Waals surface area contributed by atoms with Crippen molar-refractivity contribution in [2.75, 3.05) is 19.6 Å². The van der Waals surface area contributed by atoms with Gasteiger partial charge in [0.25, 0.3) is 5.91 Å². The Bertz CT molecular complexity index is 657. The highest BCUT2D eigenvalue weighted by Crippen LogP contribution is 2.17. The maximum absolute atomic E-state index is 12.6. The van der Waals surface area contributed by atoms with Gasteiger partial charge in [-0.05, 0) is 36.8 Å². The lowest BCUT2D eigenvalue weighted by atomic mass is 10.1. The van der Waals surface area contributed by atoms with Crippen molar-refractivity contribution in [3.8, 4) is 0 Å². The summed E-state index contributed by atoms with van der Waals surface area (Å²) in [5, 5.41) is 0.655. The number of amides is 1. The third-order valence-electron chi connectivity index (χ3n) is 4.37. The van der Waals surface area contributed by atoms with Crippen molar-refractivity contribution < 1.29 is 4.79 Å². The predicted octanol–water partition coefficient (Wildman–Crippen LogP) is 3.69. The number of hydrogen-bond donors (Lipinski definition) is 0. The van der Waals surface area contributed by atoms with Gasteiger partial charge in [0.1, 0.15) is 0 Å². The third kappa shape index (κ3) is 3.92. The van der Waals surface area contributed by atoms with Crippen LogP contribution >= 0.6 is 11.6 Å². The minimum Gasteiger partial charge on any atom is -0.336 e. The fraction of sp³-hybridized carbons (Fsp3) is 0.316. The maximum Gasteiger partial charge on any atom is 0.253 e. The molecule has 1 aliphatic rings. The van der Waals surface area contributed by atoms with Gasteiger partial charge in [0.15, 0.2) is 0 Å². The van der Waals surface area contributed by atoms with Gasteiger partial charge >= 0.3 is 0 Å². The Morgan fingerprint density at radius 3 is 2.43 bits per heavy atom. The van der Waals surface area contributed by atoms with Gasteiger partial charge in [-0.25, -0.2) is 0 Å². The van der Waals surface area contributed by atoms with E-state index < -0.39 is 0 Å². The minimum absolute atomic E-state index is 0.0906. The number of halogens is 1. The highest BCUT2D eigenvalue weighted by molar-refractivity contribution is 6.30. The molecule has 1 fully saturated rings. The molecular weight excluding hydrogens is 308 g/mol. The molecule has 1 unspecified atom stereocenters. The second-order valence-electron chi connectivity index (χ2n) is 6.06. The minimum atomic E-state index is 0.0906. The molecule has 0 bridgehead atoms. The molecule has 3 nitrogen and oxygen atoms in total. The molecule has 2 aromatic carbocycles. The fourth-order valence-corrected chi connectivity index (χ4v) is 3.13. The molecule has 0 radical (unpaired) electrons. The summed E-state index contributed by atoms with van der Waals surface area (Å²) < 4.78 is 0. The van der Waals surface area contributed by atoms with Crippen LogP contribution in [0.2, 0.25) is 5.02 Å². The zero-order valence-corrected chi connectivity index (χ0v) is 14.0. The van der Waals surface area contributed by atoms with Crippen LogP contribution in [0.4, 0.5) is 0 Å². The first kappa shape index (κ1) is 16.0. The van der Waals surface area contributed by atoms with Crippen molar-refractivity contribution in [2.24, 2.45) is 0 Å². The number of benzene rings is 2. The molecule has 23 heavy (non-hydrogen) atoms. The Labute approximate surface area is 142 Å². The van der Waals surface area contributed by atoms with Crippen molar-refractivity contribution >= 4 is 17.5 Å². The van der Waals surface area contributed by atoms with Crippen LogP contribution in [0.15, 0.2) is 54.6 Å². The molecule has 0 aliphatic carbocycles. The monoisotopic (exact) mass is 328 g/mol. The summed E-state index contributed by atoms with van der Waals surface area (Å²) in [4.78, 5) is 17.0. The molecule has 1 saturated heterocycles. The third-order valence-corrected chi connectivity index (χ3v) is 4.62. The Morgan fingerprint density at radius 2 is 1.78 bits per heavy atom. The van der Waals surface area contributed by atoms with E-state index in [2.05, 4.69) is 36.1 Å². The highest BCUT2D eigenvalue weighted by atomic mass is 35.5. The number of nitrogens with zero attached hydrogens (tertiary/aromatic N) is 2. The predicted molar refractivity (Wildman–Crippen MR) is 93.7 cm³/mol. The van der Waals surface area contributed by atoms with Crippen molar-refractivity contribution in [3.63, 3.8) is 0 Å². The van der Waals surface area contributed by atoms with Crippen molar-refractivity contribution in [1.29, 1.82) is 0 Å². The zero-order chi connectivity index (χ0) is 16.2. The normalized spacial score (nSPS) is 18.9. The summed E-state index contributed by atoms with van der Waals surface area (Å²) in [5.74, 6) is 0.0906. The van der Waals surface area contributed by atoms with Gasteiger partial charge in [-0.2, -0.15) is 0 Å². The molecule has 1 aliphatic heterocycles. The molecule has 1 heterocycles. The van der Waals surface area contributed by atoms with Crippen molar-refractivity contribution in [2.45, 2.75) is 19.5 Å². The molecule has 0 N–H and O–H groups in total. The smallest absolute Gasteiger partial charge is 0.253 e. The molecule has 3 rings (SSSR count). The van der Waals surface area contributed by atoms with E-state index in [0.717, 1.165) is 26.2 Å². The van der Waals surface area contributed by atoms with E-state index in [0.29, 0.717) is 16.6 Å². The molecule has 0 spiro atoms. The number of piperazine rings is 1. The first-order chi connectivity index (χ1) is 11.1. The van der Waals surface area contributed by atoms with Crippen LogP contribution in [0.1, 0.15) is 22.8 Å². The summed E-state index contributed by atoms with van der Waals surface area (Å²) >= 11 is 5.89. The topological polar surface area (TPSA) is 23.6 Å². The summed E-state index contributed by atoms with van der Waals surface area (Å²) in [5.41, 5.74) is 2.02. The second kappa shape index (κ2) is 7.16. The largest absolute Gasteiger partial charge is 0.336 e. The van der Waals surface area contributed by atoms with Crippen LogP contribution in [-0.2, 0) is 6.54 Å². The highest BCUT2D eigenvalue weighted by Gasteiger charge is 2.27. The SMILES string of the molecule is CC1CN(C(=O)c2ccc(Cl)cc2)CCN1Cc1ccccc1. The van der Waals surface area contributed by atoms with Crippen molar-refractivity contribution in [1.82, 2.24) is 9.80 Å². The quantitative estimate of drug-likeness (QED) is 0.858. The van der Waals surface area contributed by atoms with E-state index in [9.17, 15) is 4.79 Å². The standard InChI is InChI=1S/C19H21ClN2O/c1-15-13-22(19(23)17-7-9-18(20)10-8-17)12-11-21(15)14-16-5-3-2-4-6-16/h2-10,15H,11-14H2,1H3. The Morgan fingerprint density at radius 1 is 1.09 bits per heavy atom. The number of carbonyl (C=O) groups is 1. The van der Waals surface area contributed by atoms with Crippen LogP contribution in [0.5, 0.6) is 0 Å². The lowest BCUT2D eigenvalue weighted by Crippen LogP contribution is -2.53. The number of rotatable bonds is 3. The van der Waals surface area contributed by atoms with Crippen molar-refractivity contribution in [3.05, 3.63) is 70.7 Å². The van der Waals surface area contributed by atoms with E-state index in [4.69, 9.17) is 11.6 Å². The van der Waals surface area contributed by atoms with E-state index in [-0.39, 0.29) is 5.91 Å². The van der Waals surface area contributed by atoms with E-state index in [1.54, 1.807) is 24.3 Å². The van der Waals surface area contributed by atoms with Crippen LogP contribution < -0.4 is 0 Å². The lowest BCUT2D eigenvalue weighted by molar-refractivity contribution is 0.0495. The molecule has 1 atom stereocenters. The van der Waals surface area contributed by atoms with Gasteiger partial charge < -0.3 is 4.90 Å². The van der Waals surface area contributed by atoms with Crippen LogP contribution in [0, 0.1) is 0 Å². The van der Waals surface area contributed by atoms with Gasteiger partial charge in [0.05, 0.1) is 0 Å². The Hall–Kier alpha value is -1.84. The van der Waals surface area contributed by atoms with Gasteiger partial charge in [-0.15, -0.1) is 0 Å². The van der Waals surface area contributed by atoms with Crippen LogP contribution in [-0.4, -0.2) is 41.4 Å². The van der Waals surface area contributed by atoms with E-state index in [1.807, 2.05) is 11.0 Å². The van der Waals surface area contributed by atoms with Gasteiger partial charge in [0.2, 0.25) is 0 Å². The maximum atomic E-state index is 12.6. The van der Waals surface area contributed by atoms with Crippen LogP contribution in [0.25, 0.3) is 0 Å². The first-order valence-electron chi connectivity index (χ1n) is 7.96. The number of carbonyl (C=O) groups excluding carboxylic acids is 1. The van der Waals surface area contributed by atoms with Gasteiger partial charge in [-0.1, -0.05) is 41.9 Å². The van der Waals surface area contributed by atoms with E-state index >= 15 is 0 Å². The molecule has 120 valence electrons. The van der Waals surface area contributed by atoms with Gasteiger partial charge in [-0.3, -0.25) is 9.69 Å².